The van der Waals surface area contributed by atoms with Crippen LogP contribution in [0.5, 0.6) is 5.75 Å². The number of aliphatic hydroxyl groups is 1. The summed E-state index contributed by atoms with van der Waals surface area (Å²) in [6.07, 6.45) is 0. The molecule has 3 aromatic rings. The molecule has 1 saturated heterocycles. The molecule has 1 amide bonds. The first-order chi connectivity index (χ1) is 14.9. The molecule has 1 aliphatic rings. The van der Waals surface area contributed by atoms with Gasteiger partial charge in [-0.15, -0.1) is 0 Å². The van der Waals surface area contributed by atoms with E-state index in [2.05, 4.69) is 0 Å². The van der Waals surface area contributed by atoms with E-state index in [1.165, 1.54) is 12.0 Å². The summed E-state index contributed by atoms with van der Waals surface area (Å²) in [5.74, 6) is -1.22. The predicted molar refractivity (Wildman–Crippen MR) is 120 cm³/mol. The van der Waals surface area contributed by atoms with Gasteiger partial charge in [0.05, 0.1) is 24.3 Å². The smallest absolute Gasteiger partial charge is 0.300 e. The van der Waals surface area contributed by atoms with Crippen molar-refractivity contribution in [2.75, 3.05) is 12.0 Å². The Balaban J connectivity index is 1.97. The van der Waals surface area contributed by atoms with Gasteiger partial charge in [0.2, 0.25) is 0 Å². The van der Waals surface area contributed by atoms with Crippen LogP contribution >= 0.6 is 0 Å². The number of hydrogen-bond acceptors (Lipinski definition) is 4. The molecule has 0 spiro atoms. The normalized spacial score (nSPS) is 17.8. The Morgan fingerprint density at radius 3 is 2.19 bits per heavy atom. The Labute approximate surface area is 181 Å². The molecule has 0 aliphatic carbocycles. The third-order valence-electron chi connectivity index (χ3n) is 5.48. The van der Waals surface area contributed by atoms with Gasteiger partial charge in [-0.3, -0.25) is 14.5 Å². The maximum atomic E-state index is 13.2. The summed E-state index contributed by atoms with van der Waals surface area (Å²) in [6.45, 7) is 3.84. The van der Waals surface area contributed by atoms with Gasteiger partial charge in [-0.25, -0.2) is 0 Å². The molecule has 0 saturated carbocycles. The number of ether oxygens (including phenoxy) is 1. The van der Waals surface area contributed by atoms with Gasteiger partial charge in [0.15, 0.2) is 0 Å². The lowest BCUT2D eigenvalue weighted by Gasteiger charge is -2.25. The fourth-order valence-corrected chi connectivity index (χ4v) is 3.91. The molecular weight excluding hydrogens is 390 g/mol. The fraction of sp³-hybridized carbons (Fsp3) is 0.154. The molecular formula is C26H23NO4. The number of carbonyl (C=O) groups excluding carboxylic acids is 2. The number of hydrogen-bond donors (Lipinski definition) is 1. The SMILES string of the molecule is COc1ccc(C)cc1/C(O)=C1\C(=O)C(=O)N(c2ccc(C)cc2)C1c1ccccc1. The number of benzene rings is 3. The van der Waals surface area contributed by atoms with Crippen molar-refractivity contribution >= 4 is 23.1 Å². The predicted octanol–water partition coefficient (Wildman–Crippen LogP) is 4.94. The topological polar surface area (TPSA) is 66.8 Å². The molecule has 0 aromatic heterocycles. The summed E-state index contributed by atoms with van der Waals surface area (Å²) in [6, 6.07) is 21.2. The van der Waals surface area contributed by atoms with Crippen LogP contribution in [0.2, 0.25) is 0 Å². The molecule has 1 unspecified atom stereocenters. The maximum absolute atomic E-state index is 13.2. The lowest BCUT2D eigenvalue weighted by molar-refractivity contribution is -0.132. The van der Waals surface area contributed by atoms with E-state index in [1.54, 1.807) is 12.1 Å². The first kappa shape index (κ1) is 20.4. The minimum absolute atomic E-state index is 0.0423. The van der Waals surface area contributed by atoms with E-state index in [0.717, 1.165) is 16.7 Å². The number of rotatable bonds is 4. The molecule has 1 heterocycles. The number of nitrogens with zero attached hydrogens (tertiary/aromatic N) is 1. The second kappa shape index (κ2) is 8.11. The number of Topliss-reactive ketones (excluding diaryl/α,β-unsaturated/α-hetero) is 1. The first-order valence-electron chi connectivity index (χ1n) is 10.00. The van der Waals surface area contributed by atoms with Crippen LogP contribution in [-0.4, -0.2) is 23.9 Å². The van der Waals surface area contributed by atoms with Crippen LogP contribution < -0.4 is 9.64 Å². The molecule has 3 aromatic carbocycles. The Bertz CT molecular complexity index is 1180. The van der Waals surface area contributed by atoms with Gasteiger partial charge in [-0.1, -0.05) is 59.7 Å². The van der Waals surface area contributed by atoms with Crippen molar-refractivity contribution < 1.29 is 19.4 Å². The van der Waals surface area contributed by atoms with Gasteiger partial charge in [0.25, 0.3) is 11.7 Å². The number of anilines is 1. The Hall–Kier alpha value is -3.86. The lowest BCUT2D eigenvalue weighted by atomic mass is 9.94. The van der Waals surface area contributed by atoms with Crippen LogP contribution in [0.4, 0.5) is 5.69 Å². The van der Waals surface area contributed by atoms with Crippen molar-refractivity contribution in [2.24, 2.45) is 0 Å². The van der Waals surface area contributed by atoms with Crippen LogP contribution in [0.25, 0.3) is 5.76 Å². The largest absolute Gasteiger partial charge is 0.507 e. The summed E-state index contributed by atoms with van der Waals surface area (Å²) < 4.78 is 5.40. The standard InChI is InChI=1S/C26H23NO4/c1-16-9-12-19(13-10-16)27-23(18-7-5-4-6-8-18)22(25(29)26(27)30)24(28)20-15-17(2)11-14-21(20)31-3/h4-15,23,28H,1-3H3/b24-22+. The molecule has 4 rings (SSSR count). The second-order valence-electron chi connectivity index (χ2n) is 7.62. The average Bonchev–Trinajstić information content (AvgIpc) is 3.05. The van der Waals surface area contributed by atoms with Crippen molar-refractivity contribution in [3.05, 3.63) is 101 Å². The van der Waals surface area contributed by atoms with E-state index < -0.39 is 17.7 Å². The first-order valence-corrected chi connectivity index (χ1v) is 10.00. The molecule has 1 N–H and O–H groups in total. The van der Waals surface area contributed by atoms with Crippen molar-refractivity contribution in [3.8, 4) is 5.75 Å². The fourth-order valence-electron chi connectivity index (χ4n) is 3.91. The van der Waals surface area contributed by atoms with E-state index in [1.807, 2.05) is 74.5 Å². The van der Waals surface area contributed by atoms with E-state index in [9.17, 15) is 14.7 Å². The van der Waals surface area contributed by atoms with Gasteiger partial charge >= 0.3 is 0 Å². The zero-order valence-corrected chi connectivity index (χ0v) is 17.6. The minimum atomic E-state index is -0.755. The van der Waals surface area contributed by atoms with E-state index in [0.29, 0.717) is 17.0 Å². The third-order valence-corrected chi connectivity index (χ3v) is 5.48. The van der Waals surface area contributed by atoms with E-state index in [4.69, 9.17) is 4.74 Å². The minimum Gasteiger partial charge on any atom is -0.507 e. The zero-order chi connectivity index (χ0) is 22.1. The molecule has 0 bridgehead atoms. The van der Waals surface area contributed by atoms with Gasteiger partial charge in [0.1, 0.15) is 11.5 Å². The van der Waals surface area contributed by atoms with E-state index in [-0.39, 0.29) is 11.3 Å². The Kier molecular flexibility index (Phi) is 5.34. The Morgan fingerprint density at radius 1 is 0.903 bits per heavy atom. The van der Waals surface area contributed by atoms with Crippen molar-refractivity contribution in [1.82, 2.24) is 0 Å². The highest BCUT2D eigenvalue weighted by molar-refractivity contribution is 6.51. The number of aliphatic hydroxyl groups excluding tert-OH is 1. The highest BCUT2D eigenvalue weighted by Gasteiger charge is 2.47. The number of aryl methyl sites for hydroxylation is 2. The van der Waals surface area contributed by atoms with Crippen LogP contribution in [-0.2, 0) is 9.59 Å². The number of ketones is 1. The molecule has 1 atom stereocenters. The van der Waals surface area contributed by atoms with Crippen molar-refractivity contribution in [2.45, 2.75) is 19.9 Å². The molecule has 1 aliphatic heterocycles. The summed E-state index contributed by atoms with van der Waals surface area (Å²) >= 11 is 0. The third kappa shape index (κ3) is 3.59. The molecule has 5 heteroatoms. The molecule has 0 radical (unpaired) electrons. The molecule has 5 nitrogen and oxygen atoms in total. The zero-order valence-electron chi connectivity index (χ0n) is 17.6. The molecule has 156 valence electrons. The van der Waals surface area contributed by atoms with Gasteiger partial charge < -0.3 is 9.84 Å². The van der Waals surface area contributed by atoms with Gasteiger partial charge in [-0.2, -0.15) is 0 Å². The van der Waals surface area contributed by atoms with Gasteiger partial charge in [0, 0.05) is 5.69 Å². The molecule has 1 fully saturated rings. The van der Waals surface area contributed by atoms with Crippen molar-refractivity contribution in [3.63, 3.8) is 0 Å². The molecule has 31 heavy (non-hydrogen) atoms. The summed E-state index contributed by atoms with van der Waals surface area (Å²) in [4.78, 5) is 27.8. The summed E-state index contributed by atoms with van der Waals surface area (Å²) in [5, 5.41) is 11.3. The summed E-state index contributed by atoms with van der Waals surface area (Å²) in [5.41, 5.74) is 3.69. The quantitative estimate of drug-likeness (QED) is 0.374. The highest BCUT2D eigenvalue weighted by Crippen LogP contribution is 2.43. The monoisotopic (exact) mass is 413 g/mol. The number of carbonyl (C=O) groups is 2. The average molecular weight is 413 g/mol. The second-order valence-corrected chi connectivity index (χ2v) is 7.62. The number of methoxy groups -OCH3 is 1. The Morgan fingerprint density at radius 2 is 1.55 bits per heavy atom. The highest BCUT2D eigenvalue weighted by atomic mass is 16.5. The van der Waals surface area contributed by atoms with Crippen LogP contribution in [0.3, 0.4) is 0 Å². The van der Waals surface area contributed by atoms with E-state index >= 15 is 0 Å². The van der Waals surface area contributed by atoms with Crippen LogP contribution in [0.15, 0.2) is 78.4 Å². The van der Waals surface area contributed by atoms with Crippen LogP contribution in [0.1, 0.15) is 28.3 Å². The summed E-state index contributed by atoms with van der Waals surface area (Å²) in [7, 11) is 1.50. The lowest BCUT2D eigenvalue weighted by Crippen LogP contribution is -2.29. The number of amides is 1. The van der Waals surface area contributed by atoms with Gasteiger partial charge in [-0.05, 0) is 43.7 Å². The van der Waals surface area contributed by atoms with Crippen LogP contribution in [0, 0.1) is 13.8 Å². The maximum Gasteiger partial charge on any atom is 0.300 e. The van der Waals surface area contributed by atoms with Crippen molar-refractivity contribution in [1.29, 1.82) is 0 Å².